The van der Waals surface area contributed by atoms with Crippen molar-refractivity contribution in [3.8, 4) is 23.0 Å². The van der Waals surface area contributed by atoms with Gasteiger partial charge in [0.25, 0.3) is 5.91 Å². The lowest BCUT2D eigenvalue weighted by Crippen LogP contribution is -2.60. The van der Waals surface area contributed by atoms with Crippen molar-refractivity contribution in [3.63, 3.8) is 0 Å². The number of primary amides is 1. The second-order valence-electron chi connectivity index (χ2n) is 8.34. The zero-order valence-electron chi connectivity index (χ0n) is 17.2. The van der Waals surface area contributed by atoms with Crippen LogP contribution >= 0.6 is 0 Å². The number of nitrogens with two attached hydrogens (primary N) is 2. The molecule has 1 fully saturated rings. The maximum absolute atomic E-state index is 12.5. The van der Waals surface area contributed by atoms with Crippen molar-refractivity contribution in [2.24, 2.45) is 23.3 Å². The molecule has 0 aliphatic heterocycles. The quantitative estimate of drug-likeness (QED) is 0.547. The summed E-state index contributed by atoms with van der Waals surface area (Å²) in [5, 5.41) is 11.7. The maximum atomic E-state index is 12.5. The predicted octanol–water partition coefficient (Wildman–Crippen LogP) is 1.65. The van der Waals surface area contributed by atoms with Gasteiger partial charge < -0.3 is 21.9 Å². The van der Waals surface area contributed by atoms with Crippen molar-refractivity contribution < 1.29 is 14.7 Å². The van der Waals surface area contributed by atoms with E-state index in [0.717, 1.165) is 23.1 Å². The molecule has 0 spiro atoms. The third-order valence-electron chi connectivity index (χ3n) is 5.23. The Kier molecular flexibility index (Phi) is 6.25. The van der Waals surface area contributed by atoms with Gasteiger partial charge in [0.15, 0.2) is 0 Å². The smallest absolute Gasteiger partial charge is 0.251 e. The van der Waals surface area contributed by atoms with Gasteiger partial charge in [-0.25, -0.2) is 0 Å². The molecule has 0 bridgehead atoms. The molecular weight excluding hydrogens is 378 g/mol. The Morgan fingerprint density at radius 3 is 2.17 bits per heavy atom. The molecule has 6 N–H and O–H groups in total. The number of carbonyl (C=O) groups is 2. The fraction of sp³-hybridized carbons (Fsp3) is 0.333. The number of benzene rings is 2. The van der Waals surface area contributed by atoms with Crippen LogP contribution in [0.5, 0.6) is 0 Å². The van der Waals surface area contributed by atoms with Crippen LogP contribution in [-0.2, 0) is 4.79 Å². The van der Waals surface area contributed by atoms with Crippen LogP contribution in [0, 0.1) is 23.7 Å². The molecular formula is C24H27N3O3. The number of amides is 2. The van der Waals surface area contributed by atoms with Gasteiger partial charge in [0.2, 0.25) is 5.91 Å². The number of carbonyl (C=O) groups excluding carboxylic acids is 2. The van der Waals surface area contributed by atoms with Crippen molar-refractivity contribution in [2.45, 2.75) is 31.8 Å². The number of aliphatic hydroxyl groups excluding tert-OH is 1. The Hall–Kier alpha value is -3.14. The van der Waals surface area contributed by atoms with Crippen LogP contribution in [0.1, 0.15) is 36.2 Å². The van der Waals surface area contributed by atoms with Crippen LogP contribution in [0.3, 0.4) is 0 Å². The molecule has 2 amide bonds. The van der Waals surface area contributed by atoms with E-state index in [1.165, 1.54) is 0 Å². The highest BCUT2D eigenvalue weighted by Crippen LogP contribution is 2.37. The predicted molar refractivity (Wildman–Crippen MR) is 116 cm³/mol. The van der Waals surface area contributed by atoms with E-state index in [4.69, 9.17) is 16.6 Å². The number of nitrogens with one attached hydrogen (secondary N) is 1. The Morgan fingerprint density at radius 2 is 1.70 bits per heavy atom. The summed E-state index contributed by atoms with van der Waals surface area (Å²) in [6.45, 7) is 3.48. The summed E-state index contributed by atoms with van der Waals surface area (Å²) >= 11 is 0. The van der Waals surface area contributed by atoms with Crippen LogP contribution in [0.15, 0.2) is 48.5 Å². The first kappa shape index (κ1) is 21.6. The molecule has 2 aromatic carbocycles. The zero-order valence-corrected chi connectivity index (χ0v) is 17.2. The van der Waals surface area contributed by atoms with E-state index < -0.39 is 23.4 Å². The third kappa shape index (κ3) is 5.26. The average molecular weight is 405 g/mol. The Labute approximate surface area is 176 Å². The van der Waals surface area contributed by atoms with Gasteiger partial charge in [-0.3, -0.25) is 9.59 Å². The lowest BCUT2D eigenvalue weighted by Gasteiger charge is -2.28. The van der Waals surface area contributed by atoms with Gasteiger partial charge in [0, 0.05) is 29.2 Å². The van der Waals surface area contributed by atoms with Crippen molar-refractivity contribution in [1.82, 2.24) is 5.32 Å². The number of hydrogen-bond donors (Lipinski definition) is 4. The minimum absolute atomic E-state index is 0.208. The van der Waals surface area contributed by atoms with E-state index in [1.54, 1.807) is 26.0 Å². The highest BCUT2D eigenvalue weighted by Gasteiger charge is 2.34. The number of aliphatic hydroxyl groups is 1. The molecule has 0 saturated heterocycles. The Morgan fingerprint density at radius 1 is 1.13 bits per heavy atom. The van der Waals surface area contributed by atoms with Gasteiger partial charge >= 0.3 is 0 Å². The number of hydrogen-bond acceptors (Lipinski definition) is 4. The summed E-state index contributed by atoms with van der Waals surface area (Å²) in [7, 11) is 0. The van der Waals surface area contributed by atoms with E-state index in [-0.39, 0.29) is 6.61 Å². The van der Waals surface area contributed by atoms with Gasteiger partial charge in [-0.2, -0.15) is 0 Å². The molecule has 3 atom stereocenters. The van der Waals surface area contributed by atoms with Gasteiger partial charge in [0.05, 0.1) is 0 Å². The van der Waals surface area contributed by atoms with Gasteiger partial charge in [-0.05, 0) is 61.6 Å². The van der Waals surface area contributed by atoms with Gasteiger partial charge in [-0.1, -0.05) is 36.1 Å². The molecule has 156 valence electrons. The SMILES string of the molecule is CC(C)(N)C(NC(=O)c1ccc(-c2ccc(C#CC3CC3CO)cc2)cc1)C(N)=O. The minimum atomic E-state index is -0.971. The third-order valence-corrected chi connectivity index (χ3v) is 5.23. The monoisotopic (exact) mass is 405 g/mol. The zero-order chi connectivity index (χ0) is 21.9. The normalized spacial score (nSPS) is 18.7. The lowest BCUT2D eigenvalue weighted by molar-refractivity contribution is -0.121. The first-order valence-corrected chi connectivity index (χ1v) is 9.91. The van der Waals surface area contributed by atoms with E-state index >= 15 is 0 Å². The summed E-state index contributed by atoms with van der Waals surface area (Å²) < 4.78 is 0. The molecule has 1 aliphatic carbocycles. The molecule has 1 saturated carbocycles. The Bertz CT molecular complexity index is 980. The molecule has 0 aromatic heterocycles. The van der Waals surface area contributed by atoms with Crippen LogP contribution in [0.2, 0.25) is 0 Å². The summed E-state index contributed by atoms with van der Waals surface area (Å²) in [5.74, 6) is 5.91. The highest BCUT2D eigenvalue weighted by molar-refractivity contribution is 5.98. The minimum Gasteiger partial charge on any atom is -0.396 e. The fourth-order valence-electron chi connectivity index (χ4n) is 3.20. The van der Waals surface area contributed by atoms with Crippen LogP contribution in [0.4, 0.5) is 0 Å². The molecule has 6 nitrogen and oxygen atoms in total. The van der Waals surface area contributed by atoms with E-state index in [0.29, 0.717) is 17.4 Å². The average Bonchev–Trinajstić information content (AvgIpc) is 3.48. The topological polar surface area (TPSA) is 118 Å². The Balaban J connectivity index is 1.66. The standard InChI is InChI=1S/C24H27N3O3/c1-24(2,26)21(22(25)29)27-23(30)18-11-9-17(10-12-18)16-6-3-15(4-7-16)5-8-19-13-20(19)14-28/h3-4,6-7,9-12,19-21,28H,13-14,26H2,1-2H3,(H2,25,29)(H,27,30). The first-order chi connectivity index (χ1) is 14.2. The van der Waals surface area contributed by atoms with Gasteiger partial charge in [-0.15, -0.1) is 0 Å². The van der Waals surface area contributed by atoms with Crippen molar-refractivity contribution in [2.75, 3.05) is 6.61 Å². The van der Waals surface area contributed by atoms with E-state index in [1.807, 2.05) is 36.4 Å². The largest absolute Gasteiger partial charge is 0.396 e. The van der Waals surface area contributed by atoms with Gasteiger partial charge in [0.1, 0.15) is 6.04 Å². The van der Waals surface area contributed by atoms with E-state index in [9.17, 15) is 9.59 Å². The molecule has 30 heavy (non-hydrogen) atoms. The molecule has 1 aliphatic rings. The second-order valence-corrected chi connectivity index (χ2v) is 8.34. The molecule has 0 radical (unpaired) electrons. The highest BCUT2D eigenvalue weighted by atomic mass is 16.3. The molecule has 2 aromatic rings. The summed E-state index contributed by atoms with van der Waals surface area (Å²) in [5.41, 5.74) is 13.6. The molecule has 3 unspecified atom stereocenters. The summed E-state index contributed by atoms with van der Waals surface area (Å²) in [4.78, 5) is 24.1. The molecule has 6 heteroatoms. The van der Waals surface area contributed by atoms with Crippen LogP contribution in [-0.4, -0.2) is 35.1 Å². The van der Waals surface area contributed by atoms with Crippen LogP contribution < -0.4 is 16.8 Å². The van der Waals surface area contributed by atoms with Crippen LogP contribution in [0.25, 0.3) is 11.1 Å². The van der Waals surface area contributed by atoms with E-state index in [2.05, 4.69) is 17.2 Å². The molecule has 3 rings (SSSR count). The number of rotatable bonds is 6. The second kappa shape index (κ2) is 8.70. The van der Waals surface area contributed by atoms with Crippen molar-refractivity contribution in [1.29, 1.82) is 0 Å². The van der Waals surface area contributed by atoms with Crippen molar-refractivity contribution >= 4 is 11.8 Å². The summed E-state index contributed by atoms with van der Waals surface area (Å²) in [6, 6.07) is 14.0. The maximum Gasteiger partial charge on any atom is 0.251 e. The first-order valence-electron chi connectivity index (χ1n) is 9.91. The van der Waals surface area contributed by atoms with Crippen molar-refractivity contribution in [3.05, 3.63) is 59.7 Å². The molecule has 0 heterocycles. The lowest BCUT2D eigenvalue weighted by atomic mass is 9.95. The fourth-order valence-corrected chi connectivity index (χ4v) is 3.20. The summed E-state index contributed by atoms with van der Waals surface area (Å²) in [6.07, 6.45) is 0.977.